The molecule has 0 aliphatic heterocycles. The molecule has 0 atom stereocenters. The number of aromatic nitrogens is 1. The Morgan fingerprint density at radius 2 is 2.21 bits per heavy atom. The molecule has 0 saturated carbocycles. The van der Waals surface area contributed by atoms with Crippen LogP contribution in [0.5, 0.6) is 0 Å². The third-order valence-electron chi connectivity index (χ3n) is 2.08. The first kappa shape index (κ1) is 11.2. The Morgan fingerprint density at radius 3 is 2.71 bits per heavy atom. The summed E-state index contributed by atoms with van der Waals surface area (Å²) in [7, 11) is 1.78. The number of halogens is 1. The Hall–Kier alpha value is -0.900. The van der Waals surface area contributed by atoms with Gasteiger partial charge in [-0.1, -0.05) is 0 Å². The molecule has 0 saturated heterocycles. The highest BCUT2D eigenvalue weighted by Crippen LogP contribution is 2.15. The van der Waals surface area contributed by atoms with Gasteiger partial charge in [-0.05, 0) is 41.9 Å². The molecular weight excluding hydrogens is 244 g/mol. The molecule has 0 radical (unpaired) electrons. The van der Waals surface area contributed by atoms with Crippen LogP contribution in [0.4, 0.5) is 0 Å². The zero-order valence-corrected chi connectivity index (χ0v) is 10.1. The molecule has 0 aromatic carbocycles. The third kappa shape index (κ3) is 2.32. The standard InChI is InChI=1S/C10H13BrN2O/c1-7(2)13(3)10(14)8-5-4-6-12-9(8)11/h4-7H,1-3H3. The van der Waals surface area contributed by atoms with Gasteiger partial charge in [0.2, 0.25) is 0 Å². The molecule has 1 rings (SSSR count). The predicted octanol–water partition coefficient (Wildman–Crippen LogP) is 2.32. The van der Waals surface area contributed by atoms with Gasteiger partial charge < -0.3 is 4.90 Å². The summed E-state index contributed by atoms with van der Waals surface area (Å²) in [5.41, 5.74) is 0.601. The van der Waals surface area contributed by atoms with E-state index in [2.05, 4.69) is 20.9 Å². The molecule has 76 valence electrons. The van der Waals surface area contributed by atoms with Gasteiger partial charge in [0.1, 0.15) is 4.60 Å². The largest absolute Gasteiger partial charge is 0.339 e. The highest BCUT2D eigenvalue weighted by atomic mass is 79.9. The Morgan fingerprint density at radius 1 is 1.57 bits per heavy atom. The summed E-state index contributed by atoms with van der Waals surface area (Å²) in [6, 6.07) is 3.71. The Bertz CT molecular complexity index is 339. The molecule has 0 bridgehead atoms. The summed E-state index contributed by atoms with van der Waals surface area (Å²) < 4.78 is 0.595. The smallest absolute Gasteiger partial charge is 0.256 e. The zero-order valence-electron chi connectivity index (χ0n) is 8.49. The maximum absolute atomic E-state index is 11.9. The molecule has 1 aromatic rings. The van der Waals surface area contributed by atoms with Gasteiger partial charge in [0.05, 0.1) is 5.56 Å². The average molecular weight is 257 g/mol. The van der Waals surface area contributed by atoms with E-state index >= 15 is 0 Å². The number of carbonyl (C=O) groups is 1. The minimum absolute atomic E-state index is 0.0139. The number of hydrogen-bond donors (Lipinski definition) is 0. The van der Waals surface area contributed by atoms with E-state index in [1.54, 1.807) is 30.3 Å². The fourth-order valence-corrected chi connectivity index (χ4v) is 1.39. The quantitative estimate of drug-likeness (QED) is 0.762. The van der Waals surface area contributed by atoms with Crippen molar-refractivity contribution < 1.29 is 4.79 Å². The summed E-state index contributed by atoms with van der Waals surface area (Å²) in [4.78, 5) is 17.6. The lowest BCUT2D eigenvalue weighted by atomic mass is 10.2. The van der Waals surface area contributed by atoms with Crippen LogP contribution in [-0.2, 0) is 0 Å². The molecule has 0 spiro atoms. The van der Waals surface area contributed by atoms with Crippen molar-refractivity contribution in [1.82, 2.24) is 9.88 Å². The fourth-order valence-electron chi connectivity index (χ4n) is 0.970. The normalized spacial score (nSPS) is 10.4. The van der Waals surface area contributed by atoms with Gasteiger partial charge in [-0.25, -0.2) is 4.98 Å². The van der Waals surface area contributed by atoms with Crippen LogP contribution in [0.15, 0.2) is 22.9 Å². The van der Waals surface area contributed by atoms with E-state index in [9.17, 15) is 4.79 Å². The molecule has 0 unspecified atom stereocenters. The summed E-state index contributed by atoms with van der Waals surface area (Å²) in [6.07, 6.45) is 1.65. The van der Waals surface area contributed by atoms with E-state index in [4.69, 9.17) is 0 Å². The topological polar surface area (TPSA) is 33.2 Å². The van der Waals surface area contributed by atoms with E-state index in [0.717, 1.165) is 0 Å². The van der Waals surface area contributed by atoms with Crippen molar-refractivity contribution in [2.24, 2.45) is 0 Å². The minimum atomic E-state index is -0.0139. The lowest BCUT2D eigenvalue weighted by molar-refractivity contribution is 0.0753. The lowest BCUT2D eigenvalue weighted by Gasteiger charge is -2.21. The van der Waals surface area contributed by atoms with E-state index in [0.29, 0.717) is 10.2 Å². The van der Waals surface area contributed by atoms with Gasteiger partial charge in [0.15, 0.2) is 0 Å². The molecule has 1 aromatic heterocycles. The van der Waals surface area contributed by atoms with Crippen molar-refractivity contribution in [1.29, 1.82) is 0 Å². The van der Waals surface area contributed by atoms with Crippen LogP contribution in [0.25, 0.3) is 0 Å². The molecule has 0 aliphatic rings. The van der Waals surface area contributed by atoms with Gasteiger partial charge in [0, 0.05) is 19.3 Å². The SMILES string of the molecule is CC(C)N(C)C(=O)c1cccnc1Br. The molecule has 1 amide bonds. The Balaban J connectivity index is 2.95. The molecule has 0 fully saturated rings. The Kier molecular flexibility index (Phi) is 3.63. The number of amides is 1. The zero-order chi connectivity index (χ0) is 10.7. The van der Waals surface area contributed by atoms with Crippen LogP contribution >= 0.6 is 15.9 Å². The number of pyridine rings is 1. The summed E-state index contributed by atoms with van der Waals surface area (Å²) in [6.45, 7) is 3.95. The van der Waals surface area contributed by atoms with Crippen molar-refractivity contribution in [3.05, 3.63) is 28.5 Å². The number of nitrogens with zero attached hydrogens (tertiary/aromatic N) is 2. The summed E-state index contributed by atoms with van der Waals surface area (Å²) >= 11 is 3.26. The Labute approximate surface area is 92.3 Å². The molecule has 1 heterocycles. The second-order valence-corrected chi connectivity index (χ2v) is 4.10. The van der Waals surface area contributed by atoms with Crippen LogP contribution < -0.4 is 0 Å². The first-order chi connectivity index (χ1) is 6.54. The molecule has 0 aliphatic carbocycles. The van der Waals surface area contributed by atoms with Crippen molar-refractivity contribution in [3.8, 4) is 0 Å². The summed E-state index contributed by atoms with van der Waals surface area (Å²) in [5.74, 6) is -0.0139. The van der Waals surface area contributed by atoms with Crippen molar-refractivity contribution in [2.45, 2.75) is 19.9 Å². The lowest BCUT2D eigenvalue weighted by Crippen LogP contribution is -2.33. The predicted molar refractivity (Wildman–Crippen MR) is 59.2 cm³/mol. The molecule has 3 nitrogen and oxygen atoms in total. The highest BCUT2D eigenvalue weighted by molar-refractivity contribution is 9.10. The van der Waals surface area contributed by atoms with Crippen LogP contribution in [0.1, 0.15) is 24.2 Å². The molecule has 4 heteroatoms. The first-order valence-electron chi connectivity index (χ1n) is 4.41. The van der Waals surface area contributed by atoms with Gasteiger partial charge in [0.25, 0.3) is 5.91 Å². The fraction of sp³-hybridized carbons (Fsp3) is 0.400. The van der Waals surface area contributed by atoms with E-state index in [1.165, 1.54) is 0 Å². The third-order valence-corrected chi connectivity index (χ3v) is 2.72. The second kappa shape index (κ2) is 4.55. The van der Waals surface area contributed by atoms with E-state index in [1.807, 2.05) is 13.8 Å². The van der Waals surface area contributed by atoms with Crippen molar-refractivity contribution >= 4 is 21.8 Å². The van der Waals surface area contributed by atoms with Crippen molar-refractivity contribution in [3.63, 3.8) is 0 Å². The van der Waals surface area contributed by atoms with Gasteiger partial charge in [-0.2, -0.15) is 0 Å². The number of carbonyl (C=O) groups excluding carboxylic acids is 1. The van der Waals surface area contributed by atoms with Crippen LogP contribution in [0.3, 0.4) is 0 Å². The molecular formula is C10H13BrN2O. The maximum atomic E-state index is 11.9. The number of rotatable bonds is 2. The van der Waals surface area contributed by atoms with E-state index < -0.39 is 0 Å². The molecule has 0 N–H and O–H groups in total. The van der Waals surface area contributed by atoms with Gasteiger partial charge in [-0.15, -0.1) is 0 Å². The van der Waals surface area contributed by atoms with Crippen LogP contribution in [0.2, 0.25) is 0 Å². The van der Waals surface area contributed by atoms with Crippen molar-refractivity contribution in [2.75, 3.05) is 7.05 Å². The van der Waals surface area contributed by atoms with Gasteiger partial charge in [-0.3, -0.25) is 4.79 Å². The maximum Gasteiger partial charge on any atom is 0.256 e. The number of hydrogen-bond acceptors (Lipinski definition) is 2. The van der Waals surface area contributed by atoms with Crippen LogP contribution in [0, 0.1) is 0 Å². The van der Waals surface area contributed by atoms with E-state index in [-0.39, 0.29) is 11.9 Å². The molecule has 14 heavy (non-hydrogen) atoms. The monoisotopic (exact) mass is 256 g/mol. The van der Waals surface area contributed by atoms with Gasteiger partial charge >= 0.3 is 0 Å². The minimum Gasteiger partial charge on any atom is -0.339 e. The average Bonchev–Trinajstić information content (AvgIpc) is 2.16. The highest BCUT2D eigenvalue weighted by Gasteiger charge is 2.16. The van der Waals surface area contributed by atoms with Crippen LogP contribution in [-0.4, -0.2) is 28.9 Å². The first-order valence-corrected chi connectivity index (χ1v) is 5.21. The summed E-state index contributed by atoms with van der Waals surface area (Å²) in [5, 5.41) is 0. The second-order valence-electron chi connectivity index (χ2n) is 3.35.